The second kappa shape index (κ2) is 5.63. The van der Waals surface area contributed by atoms with Gasteiger partial charge < -0.3 is 5.73 Å². The maximum absolute atomic E-state index is 6.40. The first-order valence-corrected chi connectivity index (χ1v) is 7.41. The van der Waals surface area contributed by atoms with Gasteiger partial charge in [-0.05, 0) is 31.2 Å². The Hall–Kier alpha value is -0.870. The maximum atomic E-state index is 6.40. The molecule has 1 aromatic heterocycles. The van der Waals surface area contributed by atoms with Crippen LogP contribution < -0.4 is 5.73 Å². The Labute approximate surface area is 117 Å². The molecule has 1 fully saturated rings. The summed E-state index contributed by atoms with van der Waals surface area (Å²) in [5, 5.41) is 4.32. The predicted octanol–water partition coefficient (Wildman–Crippen LogP) is 2.32. The van der Waals surface area contributed by atoms with E-state index in [0.29, 0.717) is 11.5 Å². The molecule has 4 heteroatoms. The van der Waals surface area contributed by atoms with Gasteiger partial charge in [0.1, 0.15) is 0 Å². The van der Waals surface area contributed by atoms with E-state index in [0.717, 1.165) is 19.5 Å². The van der Waals surface area contributed by atoms with Crippen LogP contribution in [0.4, 0.5) is 0 Å². The molecule has 1 aliphatic heterocycles. The Balaban J connectivity index is 2.22. The standard InChI is InChI=1S/C15H28N4/c1-5-13(16)14(12-9-17-18(4)10-12)19-8-6-7-15(2,3)11-19/h9-10,13-14H,5-8,11,16H2,1-4H3. The average molecular weight is 264 g/mol. The maximum Gasteiger partial charge on any atom is 0.0538 e. The molecule has 2 rings (SSSR count). The molecule has 0 bridgehead atoms. The molecular weight excluding hydrogens is 236 g/mol. The minimum atomic E-state index is 0.179. The summed E-state index contributed by atoms with van der Waals surface area (Å²) in [4.78, 5) is 2.56. The largest absolute Gasteiger partial charge is 0.326 e. The molecule has 2 atom stereocenters. The van der Waals surface area contributed by atoms with Gasteiger partial charge in [-0.1, -0.05) is 20.8 Å². The third-order valence-electron chi connectivity index (χ3n) is 4.27. The molecule has 0 radical (unpaired) electrons. The summed E-state index contributed by atoms with van der Waals surface area (Å²) in [7, 11) is 1.97. The lowest BCUT2D eigenvalue weighted by atomic mass is 9.82. The van der Waals surface area contributed by atoms with Crippen LogP contribution in [0.25, 0.3) is 0 Å². The lowest BCUT2D eigenvalue weighted by molar-refractivity contribution is 0.0657. The summed E-state index contributed by atoms with van der Waals surface area (Å²) in [5.74, 6) is 0. The minimum absolute atomic E-state index is 0.179. The van der Waals surface area contributed by atoms with E-state index in [-0.39, 0.29) is 6.04 Å². The Bertz CT molecular complexity index is 410. The summed E-state index contributed by atoms with van der Waals surface area (Å²) in [6.07, 6.45) is 7.66. The van der Waals surface area contributed by atoms with Gasteiger partial charge in [-0.15, -0.1) is 0 Å². The van der Waals surface area contributed by atoms with Crippen LogP contribution in [-0.4, -0.2) is 33.8 Å². The Kier molecular flexibility index (Phi) is 4.31. The van der Waals surface area contributed by atoms with E-state index in [1.165, 1.54) is 18.4 Å². The summed E-state index contributed by atoms with van der Waals surface area (Å²) in [5.41, 5.74) is 8.05. The molecular formula is C15H28N4. The van der Waals surface area contributed by atoms with E-state index >= 15 is 0 Å². The Morgan fingerprint density at radius 2 is 2.21 bits per heavy atom. The first-order valence-electron chi connectivity index (χ1n) is 7.41. The molecule has 2 N–H and O–H groups in total. The van der Waals surface area contributed by atoms with Crippen LogP contribution in [0.5, 0.6) is 0 Å². The van der Waals surface area contributed by atoms with Crippen molar-refractivity contribution in [3.63, 3.8) is 0 Å². The molecule has 1 saturated heterocycles. The molecule has 2 heterocycles. The fourth-order valence-corrected chi connectivity index (χ4v) is 3.25. The van der Waals surface area contributed by atoms with Crippen molar-refractivity contribution in [1.82, 2.24) is 14.7 Å². The molecule has 108 valence electrons. The van der Waals surface area contributed by atoms with Crippen LogP contribution in [0.15, 0.2) is 12.4 Å². The lowest BCUT2D eigenvalue weighted by Gasteiger charge is -2.43. The average Bonchev–Trinajstić information content (AvgIpc) is 2.74. The van der Waals surface area contributed by atoms with Crippen LogP contribution in [0.1, 0.15) is 51.6 Å². The molecule has 19 heavy (non-hydrogen) atoms. The van der Waals surface area contributed by atoms with Crippen LogP contribution in [-0.2, 0) is 7.05 Å². The van der Waals surface area contributed by atoms with Gasteiger partial charge in [0.25, 0.3) is 0 Å². The highest BCUT2D eigenvalue weighted by molar-refractivity contribution is 5.14. The van der Waals surface area contributed by atoms with Crippen molar-refractivity contribution in [1.29, 1.82) is 0 Å². The first-order chi connectivity index (χ1) is 8.93. The number of likely N-dealkylation sites (tertiary alicyclic amines) is 1. The van der Waals surface area contributed by atoms with Crippen LogP contribution in [0, 0.1) is 5.41 Å². The summed E-state index contributed by atoms with van der Waals surface area (Å²) in [6.45, 7) is 9.16. The Morgan fingerprint density at radius 3 is 2.74 bits per heavy atom. The molecule has 0 spiro atoms. The summed E-state index contributed by atoms with van der Waals surface area (Å²) >= 11 is 0. The summed E-state index contributed by atoms with van der Waals surface area (Å²) in [6, 6.07) is 0.483. The van der Waals surface area contributed by atoms with Crippen molar-refractivity contribution < 1.29 is 0 Å². The van der Waals surface area contributed by atoms with E-state index in [4.69, 9.17) is 5.73 Å². The van der Waals surface area contributed by atoms with Crippen molar-refractivity contribution in [2.24, 2.45) is 18.2 Å². The number of nitrogens with zero attached hydrogens (tertiary/aromatic N) is 3. The minimum Gasteiger partial charge on any atom is -0.326 e. The number of hydrogen-bond donors (Lipinski definition) is 1. The number of nitrogens with two attached hydrogens (primary N) is 1. The van der Waals surface area contributed by atoms with E-state index in [1.807, 2.05) is 17.9 Å². The van der Waals surface area contributed by atoms with Crippen LogP contribution >= 0.6 is 0 Å². The van der Waals surface area contributed by atoms with E-state index < -0.39 is 0 Å². The monoisotopic (exact) mass is 264 g/mol. The van der Waals surface area contributed by atoms with Gasteiger partial charge in [0.05, 0.1) is 12.2 Å². The van der Waals surface area contributed by atoms with Crippen LogP contribution in [0.3, 0.4) is 0 Å². The zero-order valence-electron chi connectivity index (χ0n) is 12.8. The number of aryl methyl sites for hydroxylation is 1. The molecule has 0 aliphatic carbocycles. The van der Waals surface area contributed by atoms with Crippen molar-refractivity contribution in [2.75, 3.05) is 13.1 Å². The van der Waals surface area contributed by atoms with Gasteiger partial charge in [0.15, 0.2) is 0 Å². The van der Waals surface area contributed by atoms with Crippen LogP contribution in [0.2, 0.25) is 0 Å². The van der Waals surface area contributed by atoms with Gasteiger partial charge in [-0.25, -0.2) is 0 Å². The van der Waals surface area contributed by atoms with Gasteiger partial charge in [0.2, 0.25) is 0 Å². The van der Waals surface area contributed by atoms with Gasteiger partial charge in [-0.2, -0.15) is 5.10 Å². The van der Waals surface area contributed by atoms with E-state index in [2.05, 4.69) is 37.0 Å². The van der Waals surface area contributed by atoms with E-state index in [9.17, 15) is 0 Å². The number of rotatable bonds is 4. The van der Waals surface area contributed by atoms with Gasteiger partial charge >= 0.3 is 0 Å². The third-order valence-corrected chi connectivity index (χ3v) is 4.27. The van der Waals surface area contributed by atoms with E-state index in [1.54, 1.807) is 0 Å². The van der Waals surface area contributed by atoms with Gasteiger partial charge in [0, 0.05) is 31.4 Å². The second-order valence-corrected chi connectivity index (χ2v) is 6.70. The number of aromatic nitrogens is 2. The number of hydrogen-bond acceptors (Lipinski definition) is 3. The SMILES string of the molecule is CCC(N)C(c1cnn(C)c1)N1CCCC(C)(C)C1. The van der Waals surface area contributed by atoms with Gasteiger partial charge in [-0.3, -0.25) is 9.58 Å². The van der Waals surface area contributed by atoms with Crippen molar-refractivity contribution >= 4 is 0 Å². The molecule has 1 aromatic rings. The first kappa shape index (κ1) is 14.5. The van der Waals surface area contributed by atoms with Crippen molar-refractivity contribution in [2.45, 2.75) is 52.1 Å². The third kappa shape index (κ3) is 3.37. The summed E-state index contributed by atoms with van der Waals surface area (Å²) < 4.78 is 1.87. The highest BCUT2D eigenvalue weighted by atomic mass is 15.3. The van der Waals surface area contributed by atoms with Crippen molar-refractivity contribution in [3.05, 3.63) is 18.0 Å². The molecule has 0 amide bonds. The fourth-order valence-electron chi connectivity index (χ4n) is 3.25. The highest BCUT2D eigenvalue weighted by Crippen LogP contribution is 2.35. The van der Waals surface area contributed by atoms with Crippen molar-refractivity contribution in [3.8, 4) is 0 Å². The second-order valence-electron chi connectivity index (χ2n) is 6.70. The molecule has 0 aromatic carbocycles. The lowest BCUT2D eigenvalue weighted by Crippen LogP contribution is -2.47. The predicted molar refractivity (Wildman–Crippen MR) is 78.8 cm³/mol. The quantitative estimate of drug-likeness (QED) is 0.908. The molecule has 1 aliphatic rings. The molecule has 4 nitrogen and oxygen atoms in total. The Morgan fingerprint density at radius 1 is 1.47 bits per heavy atom. The highest BCUT2D eigenvalue weighted by Gasteiger charge is 2.34. The molecule has 0 saturated carbocycles. The fraction of sp³-hybridized carbons (Fsp3) is 0.800. The normalized spacial score (nSPS) is 23.2. The zero-order chi connectivity index (χ0) is 14.0. The number of piperidine rings is 1. The topological polar surface area (TPSA) is 47.1 Å². The molecule has 2 unspecified atom stereocenters. The smallest absolute Gasteiger partial charge is 0.0538 e. The zero-order valence-corrected chi connectivity index (χ0v) is 12.8.